The largest absolute Gasteiger partial charge is 0.381 e. The predicted molar refractivity (Wildman–Crippen MR) is 61.1 cm³/mol. The number of rotatable bonds is 4. The Morgan fingerprint density at radius 2 is 2.00 bits per heavy atom. The maximum atomic E-state index is 10.6. The molecule has 0 saturated heterocycles. The molecule has 8 heteroatoms. The molecule has 0 unspecified atom stereocenters. The van der Waals surface area contributed by atoms with Crippen molar-refractivity contribution in [1.29, 1.82) is 0 Å². The van der Waals surface area contributed by atoms with Crippen molar-refractivity contribution in [2.75, 3.05) is 0 Å². The molecule has 0 fully saturated rings. The lowest BCUT2D eigenvalue weighted by Crippen LogP contribution is -1.97. The minimum Gasteiger partial charge on any atom is -0.358 e. The smallest absolute Gasteiger partial charge is 0.358 e. The SMILES string of the molecule is O=[N+]([O-])c1cccc(Cn2cnc([N+](=O)[O-])c2)c1. The Morgan fingerprint density at radius 1 is 1.22 bits per heavy atom. The number of aromatic nitrogens is 2. The molecule has 18 heavy (non-hydrogen) atoms. The molecule has 92 valence electrons. The second-order valence-electron chi connectivity index (χ2n) is 3.59. The van der Waals surface area contributed by atoms with Crippen molar-refractivity contribution in [3.8, 4) is 0 Å². The first kappa shape index (κ1) is 11.7. The molecule has 0 aliphatic heterocycles. The Morgan fingerprint density at radius 3 is 2.61 bits per heavy atom. The van der Waals surface area contributed by atoms with Gasteiger partial charge in [0.1, 0.15) is 6.20 Å². The van der Waals surface area contributed by atoms with E-state index in [0.29, 0.717) is 12.1 Å². The number of nitro benzene ring substituents is 1. The van der Waals surface area contributed by atoms with Crippen molar-refractivity contribution in [3.63, 3.8) is 0 Å². The van der Waals surface area contributed by atoms with Crippen LogP contribution in [0.15, 0.2) is 36.8 Å². The van der Waals surface area contributed by atoms with E-state index in [-0.39, 0.29) is 11.5 Å². The first-order valence-electron chi connectivity index (χ1n) is 4.96. The van der Waals surface area contributed by atoms with Gasteiger partial charge < -0.3 is 14.7 Å². The highest BCUT2D eigenvalue weighted by atomic mass is 16.6. The highest BCUT2D eigenvalue weighted by Gasteiger charge is 2.11. The van der Waals surface area contributed by atoms with Crippen LogP contribution in [0.4, 0.5) is 11.5 Å². The Hall–Kier alpha value is -2.77. The molecule has 0 aliphatic rings. The summed E-state index contributed by atoms with van der Waals surface area (Å²) in [5.41, 5.74) is 0.665. The number of benzene rings is 1. The summed E-state index contributed by atoms with van der Waals surface area (Å²) in [6.45, 7) is 0.294. The summed E-state index contributed by atoms with van der Waals surface area (Å²) in [5.74, 6) is -0.250. The van der Waals surface area contributed by atoms with Crippen LogP contribution in [0.5, 0.6) is 0 Å². The molecule has 8 nitrogen and oxygen atoms in total. The Balaban J connectivity index is 2.20. The Labute approximate surface area is 101 Å². The minimum atomic E-state index is -0.593. The van der Waals surface area contributed by atoms with Gasteiger partial charge in [0.15, 0.2) is 0 Å². The lowest BCUT2D eigenvalue weighted by atomic mass is 10.2. The summed E-state index contributed by atoms with van der Waals surface area (Å²) >= 11 is 0. The van der Waals surface area contributed by atoms with Crippen LogP contribution in [0, 0.1) is 20.2 Å². The lowest BCUT2D eigenvalue weighted by molar-refractivity contribution is -0.389. The van der Waals surface area contributed by atoms with Gasteiger partial charge in [0, 0.05) is 12.1 Å². The fraction of sp³-hybridized carbons (Fsp3) is 0.100. The molecule has 0 bridgehead atoms. The Kier molecular flexibility index (Phi) is 3.00. The van der Waals surface area contributed by atoms with Gasteiger partial charge in [-0.1, -0.05) is 12.1 Å². The summed E-state index contributed by atoms with van der Waals surface area (Å²) in [6.07, 6.45) is 2.59. The van der Waals surface area contributed by atoms with Gasteiger partial charge in [0.25, 0.3) is 5.69 Å². The molecule has 0 spiro atoms. The third-order valence-electron chi connectivity index (χ3n) is 2.29. The molecule has 2 rings (SSSR count). The van der Waals surface area contributed by atoms with E-state index < -0.39 is 9.85 Å². The first-order valence-corrected chi connectivity index (χ1v) is 4.96. The minimum absolute atomic E-state index is 0.0119. The summed E-state index contributed by atoms with van der Waals surface area (Å²) in [5, 5.41) is 21.0. The molecular formula is C10H8N4O4. The van der Waals surface area contributed by atoms with Gasteiger partial charge >= 0.3 is 5.82 Å². The van der Waals surface area contributed by atoms with E-state index in [1.165, 1.54) is 29.2 Å². The van der Waals surface area contributed by atoms with Gasteiger partial charge in [-0.15, -0.1) is 0 Å². The zero-order chi connectivity index (χ0) is 13.1. The van der Waals surface area contributed by atoms with Crippen LogP contribution in [-0.4, -0.2) is 19.4 Å². The maximum Gasteiger partial charge on any atom is 0.381 e. The normalized spacial score (nSPS) is 10.2. The third kappa shape index (κ3) is 2.48. The molecule has 0 aliphatic carbocycles. The van der Waals surface area contributed by atoms with E-state index in [0.717, 1.165) is 0 Å². The summed E-state index contributed by atoms with van der Waals surface area (Å²) < 4.78 is 1.50. The molecule has 0 amide bonds. The highest BCUT2D eigenvalue weighted by Crippen LogP contribution is 2.15. The van der Waals surface area contributed by atoms with Crippen LogP contribution in [-0.2, 0) is 6.54 Å². The van der Waals surface area contributed by atoms with Gasteiger partial charge in [-0.3, -0.25) is 10.1 Å². The molecule has 0 atom stereocenters. The summed E-state index contributed by atoms with van der Waals surface area (Å²) in [7, 11) is 0. The van der Waals surface area contributed by atoms with E-state index in [2.05, 4.69) is 4.98 Å². The van der Waals surface area contributed by atoms with Crippen LogP contribution in [0.3, 0.4) is 0 Å². The number of hydrogen-bond donors (Lipinski definition) is 0. The highest BCUT2D eigenvalue weighted by molar-refractivity contribution is 5.34. The van der Waals surface area contributed by atoms with Crippen molar-refractivity contribution < 1.29 is 9.85 Å². The van der Waals surface area contributed by atoms with E-state index in [4.69, 9.17) is 0 Å². The van der Waals surface area contributed by atoms with Crippen molar-refractivity contribution in [3.05, 3.63) is 62.6 Å². The van der Waals surface area contributed by atoms with Gasteiger partial charge in [-0.25, -0.2) is 0 Å². The quantitative estimate of drug-likeness (QED) is 0.605. The number of nitrogens with zero attached hydrogens (tertiary/aromatic N) is 4. The summed E-state index contributed by atoms with van der Waals surface area (Å²) in [6, 6.07) is 6.09. The number of non-ortho nitro benzene ring substituents is 1. The maximum absolute atomic E-state index is 10.6. The topological polar surface area (TPSA) is 104 Å². The molecule has 0 N–H and O–H groups in total. The fourth-order valence-electron chi connectivity index (χ4n) is 1.51. The Bertz CT molecular complexity index is 607. The second-order valence-corrected chi connectivity index (χ2v) is 3.59. The molecule has 1 aromatic heterocycles. The second kappa shape index (κ2) is 4.62. The van der Waals surface area contributed by atoms with Gasteiger partial charge in [0.05, 0.1) is 11.5 Å². The fourth-order valence-corrected chi connectivity index (χ4v) is 1.51. The van der Waals surface area contributed by atoms with E-state index in [1.807, 2.05) is 0 Å². The molecular weight excluding hydrogens is 240 g/mol. The van der Waals surface area contributed by atoms with E-state index in [9.17, 15) is 20.2 Å². The monoisotopic (exact) mass is 248 g/mol. The van der Waals surface area contributed by atoms with Crippen molar-refractivity contribution >= 4 is 11.5 Å². The lowest BCUT2D eigenvalue weighted by Gasteiger charge is -2.00. The summed E-state index contributed by atoms with van der Waals surface area (Å²) in [4.78, 5) is 23.6. The van der Waals surface area contributed by atoms with Crippen LogP contribution < -0.4 is 0 Å². The van der Waals surface area contributed by atoms with Gasteiger partial charge in [-0.2, -0.15) is 0 Å². The van der Waals surface area contributed by atoms with Crippen molar-refractivity contribution in [2.24, 2.45) is 0 Å². The predicted octanol–water partition coefficient (Wildman–Crippen LogP) is 1.75. The van der Waals surface area contributed by atoms with Crippen LogP contribution in [0.25, 0.3) is 0 Å². The third-order valence-corrected chi connectivity index (χ3v) is 2.29. The number of nitro groups is 2. The van der Waals surface area contributed by atoms with Crippen LogP contribution in [0.1, 0.15) is 5.56 Å². The van der Waals surface area contributed by atoms with E-state index >= 15 is 0 Å². The average Bonchev–Trinajstić information content (AvgIpc) is 2.78. The number of imidazole rings is 1. The molecule has 0 saturated carbocycles. The van der Waals surface area contributed by atoms with Crippen LogP contribution >= 0.6 is 0 Å². The standard InChI is InChI=1S/C10H8N4O4/c15-13(16)9-3-1-2-8(4-9)5-12-6-10(11-7-12)14(17)18/h1-4,6-7H,5H2. The zero-order valence-corrected chi connectivity index (χ0v) is 9.09. The molecule has 2 aromatic rings. The molecule has 1 aromatic carbocycles. The molecule has 0 radical (unpaired) electrons. The van der Waals surface area contributed by atoms with Crippen molar-refractivity contribution in [1.82, 2.24) is 9.55 Å². The molecule has 1 heterocycles. The number of hydrogen-bond acceptors (Lipinski definition) is 5. The zero-order valence-electron chi connectivity index (χ0n) is 9.09. The average molecular weight is 248 g/mol. The first-order chi connectivity index (χ1) is 8.56. The van der Waals surface area contributed by atoms with Gasteiger partial charge in [0.2, 0.25) is 6.33 Å². The van der Waals surface area contributed by atoms with Gasteiger partial charge in [-0.05, 0) is 15.5 Å². The van der Waals surface area contributed by atoms with E-state index in [1.54, 1.807) is 12.1 Å². The van der Waals surface area contributed by atoms with Crippen molar-refractivity contribution in [2.45, 2.75) is 6.54 Å². The van der Waals surface area contributed by atoms with Crippen LogP contribution in [0.2, 0.25) is 0 Å².